The van der Waals surface area contributed by atoms with E-state index in [-0.39, 0.29) is 60.4 Å². The van der Waals surface area contributed by atoms with Crippen LogP contribution in [0.15, 0.2) is 18.2 Å². The standard InChI is InChI=1S/C27H32F9O3.C18H35N2O2S2.U/c1-3-37-17-6-8-18-16(15-17)5-7-20-19(18)11-12-23(2)21(20)9-10-22(23)38-13-4-14-39-24(25(28,29)30,26(31,32)33)27(34,35)36;1-15(2)20(16(3)4)17(22-13-11-19-8)21-12-9-10-14-23-24-18(5,6)7;/h6,8,15,19-22H,1,3-5,7,9-14H2,2H3;15-17H,5,9-14H2,1-4,6-7H3;/q2*-1;+2. The number of ether oxygens (including phenoxy) is 5. The molecule has 366 valence electrons. The summed E-state index contributed by atoms with van der Waals surface area (Å²) in [6.45, 7) is 29.7. The molecule has 64 heavy (non-hydrogen) atoms. The summed E-state index contributed by atoms with van der Waals surface area (Å²) in [6, 6.07) is 6.79. The summed E-state index contributed by atoms with van der Waals surface area (Å²) in [6.07, 6.45) is -14.1. The predicted octanol–water partition coefficient (Wildman–Crippen LogP) is 13.1. The molecule has 7 nitrogen and oxygen atoms in total. The average molecular weight is 1190 g/mol. The van der Waals surface area contributed by atoms with E-state index in [9.17, 15) is 39.5 Å². The summed E-state index contributed by atoms with van der Waals surface area (Å²) in [5, 5.41) is 0. The molecular formula is C45H67F9N2O5S2U. The van der Waals surface area contributed by atoms with Crippen LogP contribution in [0.5, 0.6) is 5.75 Å². The molecule has 0 N–H and O–H groups in total. The number of hydrogen-bond donors (Lipinski definition) is 0. The number of hydrogen-bond acceptors (Lipinski definition) is 8. The maximum absolute atomic E-state index is 13.0. The Kier molecular flexibility index (Phi) is 24.1. The number of aryl methyl sites for hydroxylation is 1. The molecule has 0 saturated heterocycles. The van der Waals surface area contributed by atoms with Crippen LogP contribution in [0.2, 0.25) is 0 Å². The molecule has 2 fully saturated rings. The summed E-state index contributed by atoms with van der Waals surface area (Å²) >= 11 is 0. The van der Waals surface area contributed by atoms with Crippen molar-refractivity contribution < 1.29 is 94.3 Å². The molecule has 0 heterocycles. The van der Waals surface area contributed by atoms with E-state index < -0.39 is 37.2 Å². The van der Waals surface area contributed by atoms with Gasteiger partial charge in [-0.25, -0.2) is 6.57 Å². The van der Waals surface area contributed by atoms with Crippen molar-refractivity contribution >= 4 is 21.6 Å². The van der Waals surface area contributed by atoms with Crippen molar-refractivity contribution in [1.82, 2.24) is 4.90 Å². The summed E-state index contributed by atoms with van der Waals surface area (Å²) in [4.78, 5) is 5.56. The zero-order valence-electron chi connectivity index (χ0n) is 38.2. The fourth-order valence-corrected chi connectivity index (χ4v) is 11.7. The molecule has 2 saturated carbocycles. The topological polar surface area (TPSA) is 53.8 Å². The van der Waals surface area contributed by atoms with Gasteiger partial charge in [-0.3, -0.25) is 4.90 Å². The van der Waals surface area contributed by atoms with Crippen molar-refractivity contribution in [3.63, 3.8) is 0 Å². The molecule has 6 unspecified atom stereocenters. The van der Waals surface area contributed by atoms with Gasteiger partial charge in [0.25, 0.3) is 0 Å². The molecule has 0 aliphatic heterocycles. The molecule has 0 radical (unpaired) electrons. The van der Waals surface area contributed by atoms with Gasteiger partial charge < -0.3 is 42.4 Å². The maximum atomic E-state index is 13.0. The van der Waals surface area contributed by atoms with E-state index in [1.165, 1.54) is 11.1 Å². The molecule has 1 aromatic carbocycles. The number of halogens is 9. The van der Waals surface area contributed by atoms with Crippen LogP contribution in [-0.4, -0.2) is 104 Å². The van der Waals surface area contributed by atoms with E-state index in [4.69, 9.17) is 25.5 Å². The van der Waals surface area contributed by atoms with E-state index in [1.54, 1.807) is 0 Å². The van der Waals surface area contributed by atoms with E-state index in [2.05, 4.69) is 88.9 Å². The Labute approximate surface area is 407 Å². The SMILES string of the molecule is [C-]#[N+]CCOC(OCCCCSSC([CH2-])(C)C)N(C(C)C)C(C)C.[CH2-]COc1ccc2c(c1)CCC1C2CCC2(C)C(OCCCOC(C(F)(F)F)(C(F)(F)F)C(F)(F)F)CCC12.[U+2]. The van der Waals surface area contributed by atoms with Crippen LogP contribution in [0, 0.1) is 68.8 Å². The van der Waals surface area contributed by atoms with Crippen molar-refractivity contribution in [3.8, 4) is 5.75 Å². The summed E-state index contributed by atoms with van der Waals surface area (Å²) in [7, 11) is 3.70. The van der Waals surface area contributed by atoms with Crippen LogP contribution in [0.3, 0.4) is 0 Å². The molecule has 4 rings (SSSR count). The molecule has 3 aliphatic carbocycles. The molecular weight excluding hydrogens is 1120 g/mol. The summed E-state index contributed by atoms with van der Waals surface area (Å²) < 4.78 is 144. The molecule has 1 aromatic rings. The minimum Gasteiger partial charge on any atom is -0.525 e. The average Bonchev–Trinajstić information content (AvgIpc) is 3.49. The smallest absolute Gasteiger partial charge is 0.525 e. The van der Waals surface area contributed by atoms with E-state index in [1.807, 2.05) is 27.7 Å². The maximum Gasteiger partial charge on any atom is 2.00 e. The molecule has 3 aliphatic rings. The molecule has 0 spiro atoms. The van der Waals surface area contributed by atoms with Crippen LogP contribution in [-0.2, 0) is 25.4 Å². The Bertz CT molecular complexity index is 1530. The van der Waals surface area contributed by atoms with Crippen molar-refractivity contribution in [2.45, 2.75) is 166 Å². The van der Waals surface area contributed by atoms with Gasteiger partial charge in [-0.15, -0.1) is 15.5 Å². The van der Waals surface area contributed by atoms with Gasteiger partial charge in [0.15, 0.2) is 0 Å². The minimum atomic E-state index is -6.73. The van der Waals surface area contributed by atoms with Crippen molar-refractivity contribution in [3.05, 3.63) is 54.6 Å². The molecule has 0 aromatic heterocycles. The Hall–Kier alpha value is -0.568. The zero-order valence-corrected chi connectivity index (χ0v) is 44.0. The van der Waals surface area contributed by atoms with Gasteiger partial charge in [-0.1, -0.05) is 37.6 Å². The number of fused-ring (bicyclic) bond motifs is 5. The summed E-state index contributed by atoms with van der Waals surface area (Å²) in [5.41, 5.74) is -3.89. The third-order valence-corrected chi connectivity index (χ3v) is 15.3. The second-order valence-electron chi connectivity index (χ2n) is 17.9. The van der Waals surface area contributed by atoms with Gasteiger partial charge >= 0.3 is 55.2 Å². The Morgan fingerprint density at radius 1 is 0.859 bits per heavy atom. The number of benzene rings is 1. The Morgan fingerprint density at radius 2 is 1.48 bits per heavy atom. The quantitative estimate of drug-likeness (QED) is 0.0374. The predicted molar refractivity (Wildman–Crippen MR) is 231 cm³/mol. The first-order valence-corrected chi connectivity index (χ1v) is 24.1. The monoisotopic (exact) mass is 1190 g/mol. The third kappa shape index (κ3) is 15.7. The number of nitrogens with zero attached hydrogens (tertiary/aromatic N) is 2. The van der Waals surface area contributed by atoms with Gasteiger partial charge in [0.1, 0.15) is 12.4 Å². The van der Waals surface area contributed by atoms with Crippen LogP contribution in [0.4, 0.5) is 39.5 Å². The van der Waals surface area contributed by atoms with Crippen LogP contribution in [0.1, 0.15) is 117 Å². The van der Waals surface area contributed by atoms with Crippen LogP contribution >= 0.6 is 21.6 Å². The largest absolute Gasteiger partial charge is 2.00 e. The Morgan fingerprint density at radius 3 is 2.05 bits per heavy atom. The van der Waals surface area contributed by atoms with E-state index >= 15 is 0 Å². The summed E-state index contributed by atoms with van der Waals surface area (Å²) in [5.74, 6) is 3.02. The number of alkyl halides is 9. The van der Waals surface area contributed by atoms with Crippen LogP contribution < -0.4 is 4.74 Å². The van der Waals surface area contributed by atoms with Gasteiger partial charge in [0, 0.05) is 24.4 Å². The van der Waals surface area contributed by atoms with Gasteiger partial charge in [0.05, 0.1) is 19.3 Å². The van der Waals surface area contributed by atoms with Crippen molar-refractivity contribution in [1.29, 1.82) is 0 Å². The normalized spacial score (nSPS) is 23.1. The number of unbranched alkanes of at least 4 members (excludes halogenated alkanes) is 1. The van der Waals surface area contributed by atoms with Gasteiger partial charge in [-0.2, -0.15) is 39.5 Å². The third-order valence-electron chi connectivity index (χ3n) is 12.1. The Balaban J connectivity index is 0.000000489. The molecule has 0 bridgehead atoms. The molecule has 0 amide bonds. The minimum absolute atomic E-state index is 0. The van der Waals surface area contributed by atoms with Gasteiger partial charge in [0.2, 0.25) is 13.0 Å². The first kappa shape index (κ1) is 59.6. The molecule has 19 heteroatoms. The van der Waals surface area contributed by atoms with Crippen molar-refractivity contribution in [2.75, 3.05) is 45.3 Å². The van der Waals surface area contributed by atoms with Gasteiger partial charge in [-0.05, 0) is 139 Å². The first-order valence-electron chi connectivity index (χ1n) is 21.8. The van der Waals surface area contributed by atoms with E-state index in [0.717, 1.165) is 56.4 Å². The van der Waals surface area contributed by atoms with Crippen molar-refractivity contribution in [2.24, 2.45) is 17.3 Å². The second kappa shape index (κ2) is 25.9. The number of rotatable bonds is 22. The van der Waals surface area contributed by atoms with Crippen LogP contribution in [0.25, 0.3) is 4.85 Å². The zero-order chi connectivity index (χ0) is 47.4. The molecule has 6 atom stereocenters. The fourth-order valence-electron chi connectivity index (χ4n) is 9.38. The second-order valence-corrected chi connectivity index (χ2v) is 21.0. The first-order chi connectivity index (χ1) is 29.3. The van der Waals surface area contributed by atoms with E-state index in [0.29, 0.717) is 62.6 Å². The fraction of sp³-hybridized carbons (Fsp3) is 0.800.